The Morgan fingerprint density at radius 3 is 2.33 bits per heavy atom. The molecule has 0 heterocycles. The second-order valence-corrected chi connectivity index (χ2v) is 5.01. The summed E-state index contributed by atoms with van der Waals surface area (Å²) in [7, 11) is 3.46. The number of hydrogen-bond acceptors (Lipinski definition) is 3. The molecule has 0 amide bonds. The Labute approximate surface area is 108 Å². The zero-order chi connectivity index (χ0) is 13.8. The van der Waals surface area contributed by atoms with Crippen LogP contribution in [0.1, 0.15) is 31.9 Å². The number of hydrogen-bond donors (Lipinski definition) is 2. The van der Waals surface area contributed by atoms with Crippen molar-refractivity contribution in [1.82, 2.24) is 5.32 Å². The molecule has 0 aromatic heterocycles. The van der Waals surface area contributed by atoms with Gasteiger partial charge >= 0.3 is 5.97 Å². The Morgan fingerprint density at radius 1 is 1.39 bits per heavy atom. The van der Waals surface area contributed by atoms with E-state index >= 15 is 0 Å². The summed E-state index contributed by atoms with van der Waals surface area (Å²) in [5.74, 6) is 0.0161. The third-order valence-corrected chi connectivity index (χ3v) is 3.16. The van der Waals surface area contributed by atoms with E-state index in [9.17, 15) is 4.79 Å². The van der Waals surface area contributed by atoms with Crippen molar-refractivity contribution in [2.24, 2.45) is 5.41 Å². The van der Waals surface area contributed by atoms with E-state index in [1.807, 2.05) is 31.3 Å². The quantitative estimate of drug-likeness (QED) is 0.815. The van der Waals surface area contributed by atoms with Gasteiger partial charge in [-0.25, -0.2) is 0 Å². The van der Waals surface area contributed by atoms with E-state index < -0.39 is 11.4 Å². The molecule has 0 radical (unpaired) electrons. The van der Waals surface area contributed by atoms with E-state index in [1.54, 1.807) is 21.0 Å². The normalized spacial score (nSPS) is 13.1. The fourth-order valence-corrected chi connectivity index (χ4v) is 1.82. The molecular formula is C14H21NO3. The lowest BCUT2D eigenvalue weighted by Gasteiger charge is -2.26. The summed E-state index contributed by atoms with van der Waals surface area (Å²) in [6, 6.07) is 7.69. The number of methoxy groups -OCH3 is 1. The van der Waals surface area contributed by atoms with Crippen molar-refractivity contribution in [2.75, 3.05) is 14.2 Å². The first-order valence-electron chi connectivity index (χ1n) is 5.95. The molecule has 1 unspecified atom stereocenters. The van der Waals surface area contributed by atoms with Crippen LogP contribution in [0.15, 0.2) is 24.3 Å². The number of benzene rings is 1. The maximum Gasteiger partial charge on any atom is 0.309 e. The number of ether oxygens (including phenoxy) is 1. The Kier molecular flexibility index (Phi) is 4.73. The van der Waals surface area contributed by atoms with Crippen LogP contribution in [0.5, 0.6) is 5.75 Å². The number of nitrogens with one attached hydrogen (secondary N) is 1. The van der Waals surface area contributed by atoms with Gasteiger partial charge in [0.25, 0.3) is 0 Å². The van der Waals surface area contributed by atoms with E-state index in [0.29, 0.717) is 6.42 Å². The average molecular weight is 251 g/mol. The predicted octanol–water partition coefficient (Wildman–Crippen LogP) is 2.46. The number of carbonyl (C=O) groups is 1. The van der Waals surface area contributed by atoms with E-state index in [0.717, 1.165) is 11.3 Å². The second-order valence-electron chi connectivity index (χ2n) is 5.01. The van der Waals surface area contributed by atoms with Crippen molar-refractivity contribution in [2.45, 2.75) is 26.3 Å². The highest BCUT2D eigenvalue weighted by molar-refractivity contribution is 5.73. The summed E-state index contributed by atoms with van der Waals surface area (Å²) in [4.78, 5) is 11.2. The summed E-state index contributed by atoms with van der Waals surface area (Å²) in [5, 5.41) is 12.3. The highest BCUT2D eigenvalue weighted by Crippen LogP contribution is 2.30. The molecule has 4 nitrogen and oxygen atoms in total. The predicted molar refractivity (Wildman–Crippen MR) is 70.8 cm³/mol. The van der Waals surface area contributed by atoms with Gasteiger partial charge in [0.05, 0.1) is 12.5 Å². The number of aliphatic carboxylic acids is 1. The van der Waals surface area contributed by atoms with Gasteiger partial charge in [-0.1, -0.05) is 12.1 Å². The van der Waals surface area contributed by atoms with Crippen molar-refractivity contribution < 1.29 is 14.6 Å². The molecule has 0 saturated heterocycles. The van der Waals surface area contributed by atoms with Crippen LogP contribution in [0.3, 0.4) is 0 Å². The van der Waals surface area contributed by atoms with Crippen LogP contribution in [0.4, 0.5) is 0 Å². The minimum atomic E-state index is -0.781. The first kappa shape index (κ1) is 14.5. The average Bonchev–Trinajstić information content (AvgIpc) is 2.36. The van der Waals surface area contributed by atoms with Crippen molar-refractivity contribution in [3.05, 3.63) is 29.8 Å². The molecule has 1 rings (SSSR count). The van der Waals surface area contributed by atoms with Crippen molar-refractivity contribution >= 4 is 5.97 Å². The lowest BCUT2D eigenvalue weighted by atomic mass is 9.83. The molecule has 1 atom stereocenters. The summed E-state index contributed by atoms with van der Waals surface area (Å²) < 4.78 is 5.11. The third-order valence-electron chi connectivity index (χ3n) is 3.16. The molecular weight excluding hydrogens is 230 g/mol. The van der Waals surface area contributed by atoms with E-state index in [2.05, 4.69) is 5.32 Å². The van der Waals surface area contributed by atoms with E-state index in [4.69, 9.17) is 9.84 Å². The van der Waals surface area contributed by atoms with Crippen LogP contribution >= 0.6 is 0 Å². The number of rotatable bonds is 6. The minimum Gasteiger partial charge on any atom is -0.497 e. The second kappa shape index (κ2) is 5.87. The standard InChI is InChI=1S/C14H21NO3/c1-14(2,13(16)17)9-12(15-3)10-5-7-11(18-4)8-6-10/h5-8,12,15H,9H2,1-4H3,(H,16,17). The van der Waals surface area contributed by atoms with Crippen LogP contribution in [-0.2, 0) is 4.79 Å². The Hall–Kier alpha value is -1.55. The molecule has 1 aromatic carbocycles. The fraction of sp³-hybridized carbons (Fsp3) is 0.500. The zero-order valence-corrected chi connectivity index (χ0v) is 11.4. The largest absolute Gasteiger partial charge is 0.497 e. The van der Waals surface area contributed by atoms with E-state index in [-0.39, 0.29) is 6.04 Å². The van der Waals surface area contributed by atoms with Gasteiger partial charge in [-0.05, 0) is 45.0 Å². The van der Waals surface area contributed by atoms with Crippen LogP contribution in [0.2, 0.25) is 0 Å². The number of carboxylic acid groups (broad SMARTS) is 1. The van der Waals surface area contributed by atoms with Crippen molar-refractivity contribution in [1.29, 1.82) is 0 Å². The maximum atomic E-state index is 11.2. The van der Waals surface area contributed by atoms with Gasteiger partial charge in [-0.15, -0.1) is 0 Å². The lowest BCUT2D eigenvalue weighted by molar-refractivity contribution is -0.147. The zero-order valence-electron chi connectivity index (χ0n) is 11.4. The van der Waals surface area contributed by atoms with Crippen LogP contribution in [-0.4, -0.2) is 25.2 Å². The lowest BCUT2D eigenvalue weighted by Crippen LogP contribution is -2.30. The third kappa shape index (κ3) is 3.47. The molecule has 0 aliphatic carbocycles. The molecule has 0 bridgehead atoms. The summed E-state index contributed by atoms with van der Waals surface area (Å²) >= 11 is 0. The first-order chi connectivity index (χ1) is 8.40. The molecule has 0 fully saturated rings. The molecule has 0 spiro atoms. The Balaban J connectivity index is 2.86. The molecule has 2 N–H and O–H groups in total. The van der Waals surface area contributed by atoms with Gasteiger partial charge in [0.1, 0.15) is 5.75 Å². The smallest absolute Gasteiger partial charge is 0.309 e. The molecule has 0 saturated carbocycles. The summed E-state index contributed by atoms with van der Waals surface area (Å²) in [6.45, 7) is 3.48. The molecule has 1 aromatic rings. The molecule has 18 heavy (non-hydrogen) atoms. The highest BCUT2D eigenvalue weighted by Gasteiger charge is 2.30. The van der Waals surface area contributed by atoms with Gasteiger partial charge in [0.2, 0.25) is 0 Å². The van der Waals surface area contributed by atoms with Gasteiger partial charge in [0, 0.05) is 6.04 Å². The van der Waals surface area contributed by atoms with Gasteiger partial charge in [-0.2, -0.15) is 0 Å². The van der Waals surface area contributed by atoms with Crippen molar-refractivity contribution in [3.63, 3.8) is 0 Å². The monoisotopic (exact) mass is 251 g/mol. The van der Waals surface area contributed by atoms with Gasteiger partial charge < -0.3 is 15.2 Å². The first-order valence-corrected chi connectivity index (χ1v) is 5.95. The molecule has 100 valence electrons. The SMILES string of the molecule is CNC(CC(C)(C)C(=O)O)c1ccc(OC)cc1. The van der Waals surface area contributed by atoms with Gasteiger partial charge in [-0.3, -0.25) is 4.79 Å². The van der Waals surface area contributed by atoms with Crippen LogP contribution in [0, 0.1) is 5.41 Å². The molecule has 0 aliphatic heterocycles. The topological polar surface area (TPSA) is 58.6 Å². The van der Waals surface area contributed by atoms with Crippen molar-refractivity contribution in [3.8, 4) is 5.75 Å². The Bertz CT molecular complexity index is 398. The van der Waals surface area contributed by atoms with Crippen LogP contribution in [0.25, 0.3) is 0 Å². The Morgan fingerprint density at radius 2 is 1.94 bits per heavy atom. The minimum absolute atomic E-state index is 0.0157. The molecule has 0 aliphatic rings. The van der Waals surface area contributed by atoms with Gasteiger partial charge in [0.15, 0.2) is 0 Å². The molecule has 4 heteroatoms. The number of carboxylic acids is 1. The van der Waals surface area contributed by atoms with E-state index in [1.165, 1.54) is 0 Å². The fourth-order valence-electron chi connectivity index (χ4n) is 1.82. The van der Waals surface area contributed by atoms with Crippen LogP contribution < -0.4 is 10.1 Å². The summed E-state index contributed by atoms with van der Waals surface area (Å²) in [5.41, 5.74) is 0.306. The summed E-state index contributed by atoms with van der Waals surface area (Å²) in [6.07, 6.45) is 0.533. The highest BCUT2D eigenvalue weighted by atomic mass is 16.5. The maximum absolute atomic E-state index is 11.2.